The summed E-state index contributed by atoms with van der Waals surface area (Å²) in [6.07, 6.45) is 3.96. The van der Waals surface area contributed by atoms with Gasteiger partial charge >= 0.3 is 0 Å². The lowest BCUT2D eigenvalue weighted by molar-refractivity contribution is -0.119. The van der Waals surface area contributed by atoms with Crippen molar-refractivity contribution < 1.29 is 14.3 Å². The Morgan fingerprint density at radius 1 is 0.923 bits per heavy atom. The van der Waals surface area contributed by atoms with Crippen molar-refractivity contribution in [2.45, 2.75) is 32.9 Å². The fraction of sp³-hybridized carbons (Fsp3) is 0.207. The fourth-order valence-electron chi connectivity index (χ4n) is 3.94. The Morgan fingerprint density at radius 2 is 1.67 bits per heavy atom. The van der Waals surface area contributed by atoms with Gasteiger partial charge in [0.2, 0.25) is 17.7 Å². The number of nitrogens with zero attached hydrogens (tertiary/aromatic N) is 3. The highest BCUT2D eigenvalue weighted by Crippen LogP contribution is 2.30. The van der Waals surface area contributed by atoms with Crippen LogP contribution in [-0.4, -0.2) is 32.8 Å². The first kappa shape index (κ1) is 27.1. The molecular weight excluding hydrogens is 494 g/mol. The quantitative estimate of drug-likeness (QED) is 0.213. The molecule has 0 saturated heterocycles. The lowest BCUT2D eigenvalue weighted by atomic mass is 10.0. The van der Waals surface area contributed by atoms with Crippen LogP contribution < -0.4 is 26.8 Å². The molecule has 2 amide bonds. The molecule has 39 heavy (non-hydrogen) atoms. The summed E-state index contributed by atoms with van der Waals surface area (Å²) in [6.45, 7) is 4.10. The van der Waals surface area contributed by atoms with Crippen molar-refractivity contribution >= 4 is 29.3 Å². The van der Waals surface area contributed by atoms with Gasteiger partial charge in [0, 0.05) is 18.1 Å². The summed E-state index contributed by atoms with van der Waals surface area (Å²) in [5.74, 6) is -0.950. The van der Waals surface area contributed by atoms with Gasteiger partial charge in [0.15, 0.2) is 5.82 Å². The number of hydrogen-bond donors (Lipinski definition) is 4. The number of pyridine rings is 1. The molecule has 0 bridgehead atoms. The van der Waals surface area contributed by atoms with Crippen LogP contribution in [0.1, 0.15) is 36.2 Å². The zero-order chi connectivity index (χ0) is 27.8. The molecule has 4 rings (SSSR count). The van der Waals surface area contributed by atoms with E-state index in [4.69, 9.17) is 16.2 Å². The van der Waals surface area contributed by atoms with E-state index in [2.05, 4.69) is 25.6 Å². The predicted octanol–water partition coefficient (Wildman–Crippen LogP) is 4.27. The van der Waals surface area contributed by atoms with E-state index in [1.165, 1.54) is 0 Å². The lowest BCUT2D eigenvalue weighted by Crippen LogP contribution is -2.37. The molecular formula is C29H31N7O3. The summed E-state index contributed by atoms with van der Waals surface area (Å²) >= 11 is 0. The first-order chi connectivity index (χ1) is 18.8. The summed E-state index contributed by atoms with van der Waals surface area (Å²) in [5, 5.41) is 6.15. The number of carbonyl (C=O) groups is 2. The van der Waals surface area contributed by atoms with Gasteiger partial charge in [-0.2, -0.15) is 9.97 Å². The van der Waals surface area contributed by atoms with E-state index in [9.17, 15) is 9.59 Å². The van der Waals surface area contributed by atoms with Gasteiger partial charge in [-0.05, 0) is 47.2 Å². The van der Waals surface area contributed by atoms with Crippen LogP contribution in [0.2, 0.25) is 0 Å². The topological polar surface area (TPSA) is 158 Å². The van der Waals surface area contributed by atoms with Crippen molar-refractivity contribution in [1.29, 1.82) is 0 Å². The molecule has 0 aliphatic heterocycles. The van der Waals surface area contributed by atoms with Gasteiger partial charge in [0.05, 0.1) is 0 Å². The highest BCUT2D eigenvalue weighted by atomic mass is 16.5. The Bertz CT molecular complexity index is 1410. The fourth-order valence-corrected chi connectivity index (χ4v) is 3.94. The summed E-state index contributed by atoms with van der Waals surface area (Å²) in [6, 6.07) is 20.1. The Kier molecular flexibility index (Phi) is 8.67. The largest absolute Gasteiger partial charge is 0.472 e. The number of anilines is 3. The number of amides is 2. The van der Waals surface area contributed by atoms with Crippen LogP contribution >= 0.6 is 0 Å². The van der Waals surface area contributed by atoms with Crippen LogP contribution in [0.3, 0.4) is 0 Å². The summed E-state index contributed by atoms with van der Waals surface area (Å²) in [7, 11) is 0. The lowest BCUT2D eigenvalue weighted by Gasteiger charge is -2.20. The zero-order valence-electron chi connectivity index (χ0n) is 21.8. The molecule has 2 aromatic carbocycles. The number of nitrogens with one attached hydrogen (secondary N) is 2. The maximum atomic E-state index is 12.6. The molecule has 2 aromatic heterocycles. The van der Waals surface area contributed by atoms with E-state index >= 15 is 0 Å². The Labute approximate surface area is 226 Å². The smallest absolute Gasteiger partial charge is 0.258 e. The van der Waals surface area contributed by atoms with Crippen molar-refractivity contribution in [3.63, 3.8) is 0 Å². The van der Waals surface area contributed by atoms with Gasteiger partial charge in [-0.15, -0.1) is 0 Å². The van der Waals surface area contributed by atoms with Gasteiger partial charge in [-0.25, -0.2) is 0 Å². The maximum absolute atomic E-state index is 12.6. The monoisotopic (exact) mass is 525 g/mol. The van der Waals surface area contributed by atoms with Gasteiger partial charge in [0.25, 0.3) is 5.91 Å². The Balaban J connectivity index is 1.70. The predicted molar refractivity (Wildman–Crippen MR) is 150 cm³/mol. The van der Waals surface area contributed by atoms with Crippen LogP contribution in [0.5, 0.6) is 5.88 Å². The van der Waals surface area contributed by atoms with Crippen LogP contribution in [0.4, 0.5) is 17.5 Å². The van der Waals surface area contributed by atoms with Gasteiger partial charge in [0.1, 0.15) is 18.2 Å². The van der Waals surface area contributed by atoms with Crippen molar-refractivity contribution in [3.8, 4) is 17.0 Å². The third kappa shape index (κ3) is 7.29. The van der Waals surface area contributed by atoms with Crippen molar-refractivity contribution in [1.82, 2.24) is 15.0 Å². The van der Waals surface area contributed by atoms with Crippen LogP contribution in [0.25, 0.3) is 11.1 Å². The number of nitrogens with two attached hydrogens (primary N) is 2. The molecule has 10 heteroatoms. The minimum atomic E-state index is -0.771. The van der Waals surface area contributed by atoms with Crippen LogP contribution in [-0.2, 0) is 11.4 Å². The van der Waals surface area contributed by atoms with E-state index < -0.39 is 17.9 Å². The second kappa shape index (κ2) is 12.5. The molecule has 0 fully saturated rings. The highest BCUT2D eigenvalue weighted by molar-refractivity contribution is 6.00. The number of primary amides is 2. The first-order valence-electron chi connectivity index (χ1n) is 12.5. The Morgan fingerprint density at radius 3 is 2.28 bits per heavy atom. The molecule has 2 heterocycles. The highest BCUT2D eigenvalue weighted by Gasteiger charge is 2.24. The molecule has 0 aliphatic rings. The van der Waals surface area contributed by atoms with Crippen molar-refractivity contribution in [3.05, 3.63) is 90.3 Å². The molecule has 0 unspecified atom stereocenters. The normalized spacial score (nSPS) is 11.6. The van der Waals surface area contributed by atoms with Crippen molar-refractivity contribution in [2.24, 2.45) is 17.4 Å². The summed E-state index contributed by atoms with van der Waals surface area (Å²) in [5.41, 5.74) is 14.8. The third-order valence-corrected chi connectivity index (χ3v) is 5.84. The average Bonchev–Trinajstić information content (AvgIpc) is 2.92. The summed E-state index contributed by atoms with van der Waals surface area (Å²) in [4.78, 5) is 37.7. The molecule has 10 nitrogen and oxygen atoms in total. The number of rotatable bonds is 12. The zero-order valence-corrected chi connectivity index (χ0v) is 21.8. The molecule has 200 valence electrons. The minimum Gasteiger partial charge on any atom is -0.472 e. The van der Waals surface area contributed by atoms with Gasteiger partial charge in [-0.3, -0.25) is 14.6 Å². The maximum Gasteiger partial charge on any atom is 0.258 e. The number of aromatic nitrogens is 3. The number of benzene rings is 2. The number of ether oxygens (including phenoxy) is 1. The average molecular weight is 526 g/mol. The van der Waals surface area contributed by atoms with Gasteiger partial charge < -0.3 is 26.8 Å². The summed E-state index contributed by atoms with van der Waals surface area (Å²) < 4.78 is 5.95. The molecule has 4 aromatic rings. The van der Waals surface area contributed by atoms with Crippen molar-refractivity contribution in [2.75, 3.05) is 10.6 Å². The SMILES string of the molecule is CC(C)C[C@@H](Nc1nc(Nc2ccc(-c3cccnc3)cc2)c(C(N)=O)c(OCc2ccccc2)n1)C(N)=O. The number of hydrogen-bond acceptors (Lipinski definition) is 8. The van der Waals surface area contributed by atoms with E-state index in [-0.39, 0.29) is 35.7 Å². The molecule has 1 atom stereocenters. The Hall–Kier alpha value is -4.99. The molecule has 6 N–H and O–H groups in total. The third-order valence-electron chi connectivity index (χ3n) is 5.84. The van der Waals surface area contributed by atoms with Gasteiger partial charge in [-0.1, -0.05) is 62.4 Å². The molecule has 0 spiro atoms. The second-order valence-corrected chi connectivity index (χ2v) is 9.39. The van der Waals surface area contributed by atoms with E-state index in [1.54, 1.807) is 12.4 Å². The van der Waals surface area contributed by atoms with E-state index in [0.29, 0.717) is 12.1 Å². The van der Waals surface area contributed by atoms with E-state index in [0.717, 1.165) is 16.7 Å². The second-order valence-electron chi connectivity index (χ2n) is 9.39. The number of carbonyl (C=O) groups excluding carboxylic acids is 2. The molecule has 0 aliphatic carbocycles. The van der Waals surface area contributed by atoms with Crippen LogP contribution in [0, 0.1) is 5.92 Å². The first-order valence-corrected chi connectivity index (χ1v) is 12.5. The molecule has 0 radical (unpaired) electrons. The standard InChI is InChI=1S/C29H31N7O3/c1-18(2)15-23(25(30)37)34-29-35-27(33-22-12-10-20(11-13-22)21-9-6-14-32-16-21)24(26(31)38)28(36-29)39-17-19-7-4-3-5-8-19/h3-14,16,18,23H,15,17H2,1-2H3,(H2,30,37)(H2,31,38)(H2,33,34,35,36)/t23-/m1/s1. The molecule has 0 saturated carbocycles. The van der Waals surface area contributed by atoms with E-state index in [1.807, 2.05) is 80.6 Å². The van der Waals surface area contributed by atoms with Crippen LogP contribution in [0.15, 0.2) is 79.1 Å². The minimum absolute atomic E-state index is 0.0210.